The second-order valence-electron chi connectivity index (χ2n) is 4.69. The van der Waals surface area contributed by atoms with Crippen LogP contribution in [0, 0.1) is 5.82 Å². The summed E-state index contributed by atoms with van der Waals surface area (Å²) in [6.07, 6.45) is 3.74. The normalized spacial score (nSPS) is 14.8. The van der Waals surface area contributed by atoms with Crippen molar-refractivity contribution < 1.29 is 4.39 Å². The summed E-state index contributed by atoms with van der Waals surface area (Å²) >= 11 is 0. The molecule has 0 spiro atoms. The van der Waals surface area contributed by atoms with Crippen LogP contribution in [0.4, 0.5) is 4.39 Å². The van der Waals surface area contributed by atoms with Gasteiger partial charge in [0, 0.05) is 5.54 Å². The lowest BCUT2D eigenvalue weighted by molar-refractivity contribution is 0.175. The van der Waals surface area contributed by atoms with Gasteiger partial charge in [-0.15, -0.1) is 6.58 Å². The second-order valence-corrected chi connectivity index (χ2v) is 4.69. The van der Waals surface area contributed by atoms with E-state index < -0.39 is 0 Å². The number of benzene rings is 1. The van der Waals surface area contributed by atoms with Crippen molar-refractivity contribution in [3.8, 4) is 0 Å². The number of hydrogen-bond acceptors (Lipinski definition) is 1. The Labute approximate surface area is 97.6 Å². The van der Waals surface area contributed by atoms with Crippen LogP contribution in [0.25, 0.3) is 0 Å². The maximum Gasteiger partial charge on any atom is 0.123 e. The molecule has 0 fully saturated rings. The van der Waals surface area contributed by atoms with Crippen LogP contribution in [-0.4, -0.2) is 24.5 Å². The van der Waals surface area contributed by atoms with Crippen molar-refractivity contribution >= 4 is 0 Å². The Bertz CT molecular complexity index is 342. The minimum absolute atomic E-state index is 0.0412. The van der Waals surface area contributed by atoms with Gasteiger partial charge in [0.2, 0.25) is 0 Å². The van der Waals surface area contributed by atoms with E-state index in [1.54, 1.807) is 0 Å². The van der Waals surface area contributed by atoms with Crippen molar-refractivity contribution in [1.29, 1.82) is 0 Å². The molecule has 0 saturated heterocycles. The lowest BCUT2D eigenvalue weighted by Crippen LogP contribution is -2.42. The van der Waals surface area contributed by atoms with Crippen LogP contribution in [0.3, 0.4) is 0 Å². The van der Waals surface area contributed by atoms with E-state index in [4.69, 9.17) is 0 Å². The zero-order valence-corrected chi connectivity index (χ0v) is 10.3. The Kier molecular flexibility index (Phi) is 4.25. The Morgan fingerprint density at radius 3 is 2.31 bits per heavy atom. The summed E-state index contributed by atoms with van der Waals surface area (Å²) in [6, 6.07) is 6.72. The predicted octanol–water partition coefficient (Wildman–Crippen LogP) is 3.26. The highest BCUT2D eigenvalue weighted by Crippen LogP contribution is 2.22. The molecule has 0 heterocycles. The van der Waals surface area contributed by atoms with Crippen LogP contribution in [0.15, 0.2) is 36.9 Å². The van der Waals surface area contributed by atoms with Gasteiger partial charge >= 0.3 is 0 Å². The molecule has 1 rings (SSSR count). The summed E-state index contributed by atoms with van der Waals surface area (Å²) in [4.78, 5) is 2.19. The molecule has 0 aromatic heterocycles. The molecule has 0 aliphatic heterocycles. The van der Waals surface area contributed by atoms with Gasteiger partial charge in [-0.3, -0.25) is 0 Å². The molecule has 2 heteroatoms. The average Bonchev–Trinajstić information content (AvgIpc) is 2.22. The first-order valence-electron chi connectivity index (χ1n) is 5.51. The third-order valence-electron chi connectivity index (χ3n) is 3.16. The van der Waals surface area contributed by atoms with Crippen molar-refractivity contribution in [2.75, 3.05) is 14.1 Å². The summed E-state index contributed by atoms with van der Waals surface area (Å²) < 4.78 is 12.8. The van der Waals surface area contributed by atoms with Crippen molar-refractivity contribution in [3.05, 3.63) is 48.3 Å². The first-order chi connectivity index (χ1) is 7.48. The fourth-order valence-corrected chi connectivity index (χ4v) is 1.77. The maximum atomic E-state index is 12.8. The molecular weight excluding hydrogens is 201 g/mol. The molecule has 0 N–H and O–H groups in total. The van der Waals surface area contributed by atoms with E-state index in [0.29, 0.717) is 0 Å². The highest BCUT2D eigenvalue weighted by molar-refractivity contribution is 5.19. The van der Waals surface area contributed by atoms with Gasteiger partial charge in [0.25, 0.3) is 0 Å². The van der Waals surface area contributed by atoms with Gasteiger partial charge in [-0.05, 0) is 51.6 Å². The number of halogens is 1. The third-order valence-corrected chi connectivity index (χ3v) is 3.16. The third kappa shape index (κ3) is 3.17. The minimum atomic E-state index is -0.181. The number of rotatable bonds is 5. The molecule has 16 heavy (non-hydrogen) atoms. The SMILES string of the molecule is C=CCC(C)(Cc1ccc(F)cc1)N(C)C. The summed E-state index contributed by atoms with van der Waals surface area (Å²) in [5, 5.41) is 0. The monoisotopic (exact) mass is 221 g/mol. The Balaban J connectivity index is 2.83. The summed E-state index contributed by atoms with van der Waals surface area (Å²) in [7, 11) is 4.13. The van der Waals surface area contributed by atoms with Gasteiger partial charge in [0.05, 0.1) is 0 Å². The van der Waals surface area contributed by atoms with Crippen LogP contribution in [0.2, 0.25) is 0 Å². The molecule has 0 aliphatic rings. The van der Waals surface area contributed by atoms with Gasteiger partial charge in [-0.2, -0.15) is 0 Å². The van der Waals surface area contributed by atoms with E-state index in [2.05, 4.69) is 32.5 Å². The quantitative estimate of drug-likeness (QED) is 0.690. The van der Waals surface area contributed by atoms with Gasteiger partial charge < -0.3 is 4.90 Å². The molecule has 1 nitrogen and oxygen atoms in total. The van der Waals surface area contributed by atoms with E-state index in [9.17, 15) is 4.39 Å². The minimum Gasteiger partial charge on any atom is -0.303 e. The fourth-order valence-electron chi connectivity index (χ4n) is 1.77. The standard InChI is InChI=1S/C14H20FN/c1-5-10-14(2,16(3)4)11-12-6-8-13(15)9-7-12/h5-9H,1,10-11H2,2-4H3. The number of likely N-dealkylation sites (N-methyl/N-ethyl adjacent to an activating group) is 1. The van der Waals surface area contributed by atoms with E-state index >= 15 is 0 Å². The van der Waals surface area contributed by atoms with Gasteiger partial charge in [0.1, 0.15) is 5.82 Å². The zero-order chi connectivity index (χ0) is 12.2. The molecular formula is C14H20FN. The molecule has 88 valence electrons. The van der Waals surface area contributed by atoms with E-state index in [1.807, 2.05) is 18.2 Å². The van der Waals surface area contributed by atoms with Crippen LogP contribution in [0.5, 0.6) is 0 Å². The highest BCUT2D eigenvalue weighted by atomic mass is 19.1. The summed E-state index contributed by atoms with van der Waals surface area (Å²) in [6.45, 7) is 5.99. The molecule has 1 aromatic carbocycles. The second kappa shape index (κ2) is 5.26. The van der Waals surface area contributed by atoms with Gasteiger partial charge in [-0.25, -0.2) is 4.39 Å². The van der Waals surface area contributed by atoms with Crippen molar-refractivity contribution in [2.45, 2.75) is 25.3 Å². The lowest BCUT2D eigenvalue weighted by atomic mass is 9.88. The largest absolute Gasteiger partial charge is 0.303 e. The zero-order valence-electron chi connectivity index (χ0n) is 10.3. The number of hydrogen-bond donors (Lipinski definition) is 0. The molecule has 0 saturated carbocycles. The van der Waals surface area contributed by atoms with Crippen molar-refractivity contribution in [2.24, 2.45) is 0 Å². The molecule has 1 aromatic rings. The first-order valence-corrected chi connectivity index (χ1v) is 5.51. The van der Waals surface area contributed by atoms with Gasteiger partial charge in [0.15, 0.2) is 0 Å². The Morgan fingerprint density at radius 2 is 1.88 bits per heavy atom. The van der Waals surface area contributed by atoms with E-state index in [-0.39, 0.29) is 11.4 Å². The van der Waals surface area contributed by atoms with Crippen LogP contribution >= 0.6 is 0 Å². The first kappa shape index (κ1) is 12.9. The van der Waals surface area contributed by atoms with Gasteiger partial charge in [-0.1, -0.05) is 18.2 Å². The fraction of sp³-hybridized carbons (Fsp3) is 0.429. The van der Waals surface area contributed by atoms with Crippen LogP contribution in [-0.2, 0) is 6.42 Å². The highest BCUT2D eigenvalue weighted by Gasteiger charge is 2.25. The molecule has 0 bridgehead atoms. The Hall–Kier alpha value is -1.15. The molecule has 0 radical (unpaired) electrons. The topological polar surface area (TPSA) is 3.24 Å². The van der Waals surface area contributed by atoms with E-state index in [1.165, 1.54) is 12.1 Å². The van der Waals surface area contributed by atoms with Crippen LogP contribution < -0.4 is 0 Å². The lowest BCUT2D eigenvalue weighted by Gasteiger charge is -2.36. The Morgan fingerprint density at radius 1 is 1.31 bits per heavy atom. The summed E-state index contributed by atoms with van der Waals surface area (Å²) in [5.74, 6) is -0.181. The van der Waals surface area contributed by atoms with Crippen molar-refractivity contribution in [3.63, 3.8) is 0 Å². The van der Waals surface area contributed by atoms with Crippen molar-refractivity contribution in [1.82, 2.24) is 4.90 Å². The summed E-state index contributed by atoms with van der Waals surface area (Å²) in [5.41, 5.74) is 1.19. The predicted molar refractivity (Wildman–Crippen MR) is 67.0 cm³/mol. The average molecular weight is 221 g/mol. The molecule has 0 amide bonds. The molecule has 0 aliphatic carbocycles. The smallest absolute Gasteiger partial charge is 0.123 e. The molecule has 1 atom stereocenters. The van der Waals surface area contributed by atoms with E-state index in [0.717, 1.165) is 18.4 Å². The molecule has 1 unspecified atom stereocenters. The maximum absolute atomic E-state index is 12.8. The number of nitrogens with zero attached hydrogens (tertiary/aromatic N) is 1. The van der Waals surface area contributed by atoms with Crippen LogP contribution in [0.1, 0.15) is 18.9 Å².